The highest BCUT2D eigenvalue weighted by Gasteiger charge is 2.28. The zero-order chi connectivity index (χ0) is 28.2. The number of aryl methyl sites for hydroxylation is 1. The lowest BCUT2D eigenvalue weighted by Crippen LogP contribution is -2.33. The lowest BCUT2D eigenvalue weighted by Gasteiger charge is -2.24. The third-order valence-electron chi connectivity index (χ3n) is 6.90. The van der Waals surface area contributed by atoms with Gasteiger partial charge >= 0.3 is 0 Å². The fourth-order valence-corrected chi connectivity index (χ4v) is 6.57. The average molecular weight is 575 g/mol. The van der Waals surface area contributed by atoms with Crippen LogP contribution in [0.5, 0.6) is 0 Å². The van der Waals surface area contributed by atoms with Gasteiger partial charge in [0.1, 0.15) is 17.3 Å². The van der Waals surface area contributed by atoms with Gasteiger partial charge in [0, 0.05) is 36.3 Å². The Morgan fingerprint density at radius 1 is 1.12 bits per heavy atom. The molecule has 0 aliphatic carbocycles. The van der Waals surface area contributed by atoms with Crippen LogP contribution >= 0.6 is 23.1 Å². The summed E-state index contributed by atoms with van der Waals surface area (Å²) in [7, 11) is 1.99. The fourth-order valence-electron chi connectivity index (χ4n) is 4.74. The number of hydrogen-bond acceptors (Lipinski definition) is 6. The van der Waals surface area contributed by atoms with E-state index in [1.165, 1.54) is 17.4 Å². The van der Waals surface area contributed by atoms with Crippen LogP contribution in [0.25, 0.3) is 10.4 Å². The molecular weight excluding hydrogens is 543 g/mol. The quantitative estimate of drug-likeness (QED) is 0.232. The van der Waals surface area contributed by atoms with Crippen LogP contribution in [-0.2, 0) is 6.42 Å². The SMILES string of the molecule is CCSCCN(C)c1cccc(C(=O)N2CCc3cc(C(=O)Nc4c(C)cccc4F)sc3-c3ccccc32)n1. The van der Waals surface area contributed by atoms with Crippen molar-refractivity contribution in [3.63, 3.8) is 0 Å². The molecule has 0 radical (unpaired) electrons. The maximum atomic E-state index is 14.3. The van der Waals surface area contributed by atoms with Crippen LogP contribution < -0.4 is 15.1 Å². The number of pyridine rings is 1. The third-order valence-corrected chi connectivity index (χ3v) is 8.99. The van der Waals surface area contributed by atoms with Gasteiger partial charge in [0.05, 0.1) is 16.3 Å². The van der Waals surface area contributed by atoms with Gasteiger partial charge in [-0.25, -0.2) is 9.37 Å². The molecule has 2 aromatic carbocycles. The highest BCUT2D eigenvalue weighted by molar-refractivity contribution is 7.99. The summed E-state index contributed by atoms with van der Waals surface area (Å²) in [5.74, 6) is 1.86. The van der Waals surface area contributed by atoms with Crippen molar-refractivity contribution in [2.24, 2.45) is 0 Å². The first-order valence-electron chi connectivity index (χ1n) is 13.2. The Kier molecular flexibility index (Phi) is 8.52. The Morgan fingerprint density at radius 3 is 2.73 bits per heavy atom. The van der Waals surface area contributed by atoms with Crippen LogP contribution in [0.2, 0.25) is 0 Å². The van der Waals surface area contributed by atoms with E-state index >= 15 is 0 Å². The maximum absolute atomic E-state index is 14.3. The highest BCUT2D eigenvalue weighted by Crippen LogP contribution is 2.42. The molecular formula is C31H31FN4O2S2. The maximum Gasteiger partial charge on any atom is 0.276 e. The van der Waals surface area contributed by atoms with Gasteiger partial charge in [-0.3, -0.25) is 9.59 Å². The van der Waals surface area contributed by atoms with Crippen LogP contribution in [-0.4, -0.2) is 48.4 Å². The van der Waals surface area contributed by atoms with Gasteiger partial charge in [-0.2, -0.15) is 11.8 Å². The van der Waals surface area contributed by atoms with Gasteiger partial charge in [0.25, 0.3) is 11.8 Å². The van der Waals surface area contributed by atoms with Crippen molar-refractivity contribution in [1.82, 2.24) is 4.98 Å². The number of aromatic nitrogens is 1. The Labute approximate surface area is 242 Å². The molecule has 0 saturated carbocycles. The highest BCUT2D eigenvalue weighted by atomic mass is 32.2. The molecule has 0 saturated heterocycles. The van der Waals surface area contributed by atoms with E-state index < -0.39 is 5.82 Å². The number of thioether (sulfide) groups is 1. The van der Waals surface area contributed by atoms with Gasteiger partial charge in [0.2, 0.25) is 0 Å². The van der Waals surface area contributed by atoms with E-state index in [2.05, 4.69) is 17.1 Å². The first kappa shape index (κ1) is 27.9. The lowest BCUT2D eigenvalue weighted by atomic mass is 10.1. The Bertz CT molecular complexity index is 1530. The normalized spacial score (nSPS) is 12.3. The number of amides is 2. The summed E-state index contributed by atoms with van der Waals surface area (Å²) in [6.45, 7) is 5.20. The molecule has 0 bridgehead atoms. The van der Waals surface area contributed by atoms with Gasteiger partial charge < -0.3 is 15.1 Å². The standard InChI is InChI=1S/C31H31FN4O2S2/c1-4-39-18-17-35(3)27-14-8-12-24(33-27)31(38)36-16-15-21-19-26(40-29(21)22-10-5-6-13-25(22)36)30(37)34-28-20(2)9-7-11-23(28)32/h5-14,19H,4,15-18H2,1-3H3,(H,34,37). The van der Waals surface area contributed by atoms with Crippen molar-refractivity contribution in [2.45, 2.75) is 20.3 Å². The van der Waals surface area contributed by atoms with Crippen molar-refractivity contribution in [3.8, 4) is 10.4 Å². The zero-order valence-corrected chi connectivity index (χ0v) is 24.4. The molecule has 5 rings (SSSR count). The van der Waals surface area contributed by atoms with Gasteiger partial charge in [0.15, 0.2) is 0 Å². The van der Waals surface area contributed by atoms with Crippen molar-refractivity contribution in [1.29, 1.82) is 0 Å². The molecule has 2 amide bonds. The van der Waals surface area contributed by atoms with E-state index in [1.54, 1.807) is 30.0 Å². The number of fused-ring (bicyclic) bond motifs is 3. The van der Waals surface area contributed by atoms with Gasteiger partial charge in [-0.15, -0.1) is 11.3 Å². The van der Waals surface area contributed by atoms with Crippen molar-refractivity contribution in [2.75, 3.05) is 46.8 Å². The molecule has 0 atom stereocenters. The number of para-hydroxylation sites is 2. The van der Waals surface area contributed by atoms with Crippen LogP contribution in [0.3, 0.4) is 0 Å². The molecule has 1 aliphatic heterocycles. The molecule has 1 N–H and O–H groups in total. The average Bonchev–Trinajstić information content (AvgIpc) is 3.33. The van der Waals surface area contributed by atoms with Gasteiger partial charge in [-0.05, 0) is 60.6 Å². The monoisotopic (exact) mass is 574 g/mol. The van der Waals surface area contributed by atoms with Crippen LogP contribution in [0.1, 0.15) is 38.2 Å². The molecule has 0 fully saturated rings. The fraction of sp³-hybridized carbons (Fsp3) is 0.258. The van der Waals surface area contributed by atoms with Crippen molar-refractivity contribution < 1.29 is 14.0 Å². The van der Waals surface area contributed by atoms with Crippen LogP contribution in [0.4, 0.5) is 21.6 Å². The number of nitrogens with one attached hydrogen (secondary N) is 1. The van der Waals surface area contributed by atoms with Crippen molar-refractivity contribution in [3.05, 3.63) is 94.2 Å². The number of thiophene rings is 1. The predicted molar refractivity (Wildman–Crippen MR) is 165 cm³/mol. The molecule has 4 aromatic rings. The predicted octanol–water partition coefficient (Wildman–Crippen LogP) is 6.90. The topological polar surface area (TPSA) is 65.5 Å². The second kappa shape index (κ2) is 12.2. The Morgan fingerprint density at radius 2 is 1.93 bits per heavy atom. The molecule has 3 heterocycles. The summed E-state index contributed by atoms with van der Waals surface area (Å²) in [5.41, 5.74) is 3.91. The summed E-state index contributed by atoms with van der Waals surface area (Å²) < 4.78 is 14.3. The molecule has 40 heavy (non-hydrogen) atoms. The van der Waals surface area contributed by atoms with Crippen LogP contribution in [0, 0.1) is 12.7 Å². The number of carbonyl (C=O) groups excluding carboxylic acids is 2. The number of benzene rings is 2. The zero-order valence-electron chi connectivity index (χ0n) is 22.7. The van der Waals surface area contributed by atoms with E-state index in [4.69, 9.17) is 4.98 Å². The lowest BCUT2D eigenvalue weighted by molar-refractivity contribution is 0.0981. The van der Waals surface area contributed by atoms with E-state index in [0.29, 0.717) is 29.1 Å². The second-order valence-corrected chi connectivity index (χ2v) is 12.0. The molecule has 206 valence electrons. The summed E-state index contributed by atoms with van der Waals surface area (Å²) in [4.78, 5) is 36.9. The number of hydrogen-bond donors (Lipinski definition) is 1. The molecule has 9 heteroatoms. The molecule has 2 aromatic heterocycles. The molecule has 0 unspecified atom stereocenters. The third kappa shape index (κ3) is 5.76. The first-order valence-corrected chi connectivity index (χ1v) is 15.2. The minimum absolute atomic E-state index is 0.159. The Hall–Kier alpha value is -3.69. The van der Waals surface area contributed by atoms with E-state index in [1.807, 2.05) is 61.3 Å². The molecule has 6 nitrogen and oxygen atoms in total. The number of halogens is 1. The number of nitrogens with zero attached hydrogens (tertiary/aromatic N) is 3. The first-order chi connectivity index (χ1) is 19.4. The summed E-state index contributed by atoms with van der Waals surface area (Å²) in [6, 6.07) is 19.9. The number of rotatable bonds is 8. The smallest absolute Gasteiger partial charge is 0.276 e. The minimum Gasteiger partial charge on any atom is -0.359 e. The van der Waals surface area contributed by atoms with E-state index in [0.717, 1.165) is 45.6 Å². The van der Waals surface area contributed by atoms with E-state index in [-0.39, 0.29) is 17.5 Å². The summed E-state index contributed by atoms with van der Waals surface area (Å²) in [6.07, 6.45) is 0.575. The van der Waals surface area contributed by atoms with Crippen LogP contribution in [0.15, 0.2) is 66.7 Å². The van der Waals surface area contributed by atoms with E-state index in [9.17, 15) is 14.0 Å². The number of carbonyl (C=O) groups is 2. The minimum atomic E-state index is -0.463. The largest absolute Gasteiger partial charge is 0.359 e. The number of anilines is 3. The summed E-state index contributed by atoms with van der Waals surface area (Å²) >= 11 is 3.23. The molecule has 1 aliphatic rings. The Balaban J connectivity index is 1.41. The van der Waals surface area contributed by atoms with Gasteiger partial charge in [-0.1, -0.05) is 43.3 Å². The summed E-state index contributed by atoms with van der Waals surface area (Å²) in [5, 5.41) is 2.74. The second-order valence-electron chi connectivity index (χ2n) is 9.57. The van der Waals surface area contributed by atoms with Crippen molar-refractivity contribution >= 4 is 52.1 Å². The molecule has 0 spiro atoms.